The Morgan fingerprint density at radius 3 is 1.38 bits per heavy atom. The van der Waals surface area contributed by atoms with Gasteiger partial charge in [-0.05, 0) is 11.6 Å². The number of amides is 1. The Hall–Kier alpha value is -1.26. The zero-order chi connectivity index (χ0) is 26.4. The summed E-state index contributed by atoms with van der Waals surface area (Å²) in [4.78, 5) is 11.2. The van der Waals surface area contributed by atoms with E-state index in [-0.39, 0.29) is 17.4 Å². The number of carbonyl (C=O) groups excluding carboxylic acids is 1. The summed E-state index contributed by atoms with van der Waals surface area (Å²) in [5.74, 6) is -50.1. The van der Waals surface area contributed by atoms with Crippen LogP contribution >= 0.6 is 11.6 Å². The molecule has 0 fully saturated rings. The van der Waals surface area contributed by atoms with Gasteiger partial charge in [-0.3, -0.25) is 4.79 Å². The van der Waals surface area contributed by atoms with E-state index in [0.29, 0.717) is 0 Å². The van der Waals surface area contributed by atoms with Crippen molar-refractivity contribution in [3.8, 4) is 0 Å². The molecule has 1 N–H and O–H groups in total. The Bertz CT molecular complexity index is 684. The second-order valence-corrected chi connectivity index (χ2v) is 8.04. The van der Waals surface area contributed by atoms with Crippen molar-refractivity contribution < 1.29 is 70.7 Å². The van der Waals surface area contributed by atoms with Crippen LogP contribution in [-0.4, -0.2) is 85.5 Å². The number of hydrogen-bond donors (Lipinski definition) is 1. The number of nitrogens with one attached hydrogen (secondary N) is 1. The minimum absolute atomic E-state index is 0.0877. The van der Waals surface area contributed by atoms with Crippen molar-refractivity contribution in [2.45, 2.75) is 47.3 Å². The number of rotatable bonds is 11. The third-order valence-corrected chi connectivity index (χ3v) is 4.14. The van der Waals surface area contributed by atoms with Gasteiger partial charge in [0, 0.05) is 13.0 Å². The van der Waals surface area contributed by atoms with E-state index in [1.54, 1.807) is 21.1 Å². The maximum atomic E-state index is 13.6. The molecule has 192 valence electrons. The Kier molecular flexibility index (Phi) is 8.17. The monoisotopic (exact) mass is 529 g/mol. The first-order chi connectivity index (χ1) is 13.6. The summed E-state index contributed by atoms with van der Waals surface area (Å²) in [5.41, 5.74) is 0. The molecule has 0 aromatic rings. The Morgan fingerprint density at radius 2 is 1.03 bits per heavy atom. The van der Waals surface area contributed by atoms with Crippen LogP contribution in [-0.2, 0) is 4.79 Å². The molecule has 3 nitrogen and oxygen atoms in total. The summed E-state index contributed by atoms with van der Waals surface area (Å²) in [6.45, 7) is -0.806. The summed E-state index contributed by atoms with van der Waals surface area (Å²) >= 11 is 3.48. The summed E-state index contributed by atoms with van der Waals surface area (Å²) < 4.78 is 186. The van der Waals surface area contributed by atoms with Crippen LogP contribution in [0.25, 0.3) is 0 Å². The molecular weight excluding hydrogens is 514 g/mol. The molecule has 0 aromatic carbocycles. The van der Waals surface area contributed by atoms with Crippen molar-refractivity contribution >= 4 is 17.5 Å². The van der Waals surface area contributed by atoms with Gasteiger partial charge in [0.2, 0.25) is 0 Å². The van der Waals surface area contributed by atoms with Crippen LogP contribution in [0.5, 0.6) is 0 Å². The van der Waals surface area contributed by atoms with Crippen LogP contribution in [0.4, 0.5) is 61.5 Å². The molecule has 18 heteroatoms. The fourth-order valence-corrected chi connectivity index (χ4v) is 2.09. The van der Waals surface area contributed by atoms with E-state index in [2.05, 4.69) is 11.6 Å². The van der Waals surface area contributed by atoms with Gasteiger partial charge in [-0.15, -0.1) is 0 Å². The standard InChI is InChI=1S/C14H15ClF14N2O/c1-31(2,3)6-4-5-30-7(32)8(16,17)9(18,19)10(20,21)11(22,23)12(24,25)13(26,27)14(15,28)29/h4-6H2,1-3H3/p+1. The lowest BCUT2D eigenvalue weighted by Crippen LogP contribution is -2.73. The van der Waals surface area contributed by atoms with E-state index in [9.17, 15) is 66.3 Å². The highest BCUT2D eigenvalue weighted by Crippen LogP contribution is 2.62. The van der Waals surface area contributed by atoms with Crippen LogP contribution in [0, 0.1) is 0 Å². The number of quaternary nitrogens is 1. The van der Waals surface area contributed by atoms with Gasteiger partial charge in [0.15, 0.2) is 0 Å². The molecule has 0 unspecified atom stereocenters. The third-order valence-electron chi connectivity index (χ3n) is 3.90. The van der Waals surface area contributed by atoms with Crippen molar-refractivity contribution in [1.82, 2.24) is 5.32 Å². The molecule has 0 atom stereocenters. The fourth-order valence-electron chi connectivity index (χ4n) is 1.98. The maximum Gasteiger partial charge on any atom is 0.393 e. The Morgan fingerprint density at radius 1 is 0.688 bits per heavy atom. The van der Waals surface area contributed by atoms with Gasteiger partial charge in [-0.25, -0.2) is 0 Å². The molecule has 0 aliphatic heterocycles. The predicted molar refractivity (Wildman–Crippen MR) is 81.0 cm³/mol. The van der Waals surface area contributed by atoms with Crippen molar-refractivity contribution in [3.63, 3.8) is 0 Å². The van der Waals surface area contributed by atoms with Gasteiger partial charge >= 0.3 is 40.9 Å². The second-order valence-electron chi connectivity index (χ2n) is 7.57. The largest absolute Gasteiger partial charge is 0.393 e. The Labute approximate surface area is 176 Å². The number of halogens is 15. The minimum Gasteiger partial charge on any atom is -0.350 e. The van der Waals surface area contributed by atoms with Crippen LogP contribution in [0.2, 0.25) is 0 Å². The molecule has 0 rings (SSSR count). The molecule has 0 aliphatic carbocycles. The maximum absolute atomic E-state index is 13.6. The van der Waals surface area contributed by atoms with Crippen LogP contribution in [0.1, 0.15) is 6.42 Å². The van der Waals surface area contributed by atoms with Crippen LogP contribution < -0.4 is 5.32 Å². The lowest BCUT2D eigenvalue weighted by molar-refractivity contribution is -0.870. The zero-order valence-corrected chi connectivity index (χ0v) is 16.9. The average molecular weight is 530 g/mol. The molecule has 0 saturated carbocycles. The quantitative estimate of drug-likeness (QED) is 0.176. The van der Waals surface area contributed by atoms with Crippen LogP contribution in [0.3, 0.4) is 0 Å². The van der Waals surface area contributed by atoms with E-state index in [1.165, 1.54) is 0 Å². The molecule has 0 radical (unpaired) electrons. The minimum atomic E-state index is -8.25. The molecular formula is C14H16ClF14N2O+. The van der Waals surface area contributed by atoms with Gasteiger partial charge in [-0.2, -0.15) is 61.5 Å². The fraction of sp³-hybridized carbons (Fsp3) is 0.929. The number of nitrogens with zero attached hydrogens (tertiary/aromatic N) is 1. The highest BCUT2D eigenvalue weighted by Gasteiger charge is 2.93. The first-order valence-corrected chi connectivity index (χ1v) is 8.43. The van der Waals surface area contributed by atoms with E-state index in [0.717, 1.165) is 5.32 Å². The zero-order valence-electron chi connectivity index (χ0n) is 16.1. The van der Waals surface area contributed by atoms with Gasteiger partial charge in [0.25, 0.3) is 5.91 Å². The van der Waals surface area contributed by atoms with E-state index < -0.39 is 53.4 Å². The predicted octanol–water partition coefficient (Wildman–Crippen LogP) is 4.84. The molecule has 0 spiro atoms. The molecule has 32 heavy (non-hydrogen) atoms. The lowest BCUT2D eigenvalue weighted by Gasteiger charge is -2.41. The van der Waals surface area contributed by atoms with Crippen molar-refractivity contribution in [3.05, 3.63) is 0 Å². The first-order valence-electron chi connectivity index (χ1n) is 8.05. The Balaban J connectivity index is 6.07. The molecule has 0 bridgehead atoms. The van der Waals surface area contributed by atoms with E-state index in [1.807, 2.05) is 0 Å². The van der Waals surface area contributed by atoms with Gasteiger partial charge in [0.1, 0.15) is 0 Å². The average Bonchev–Trinajstić information content (AvgIpc) is 2.55. The van der Waals surface area contributed by atoms with Crippen molar-refractivity contribution in [2.75, 3.05) is 34.2 Å². The van der Waals surface area contributed by atoms with Crippen LogP contribution in [0.15, 0.2) is 0 Å². The molecule has 0 heterocycles. The van der Waals surface area contributed by atoms with Crippen molar-refractivity contribution in [2.24, 2.45) is 0 Å². The second kappa shape index (κ2) is 8.51. The smallest absolute Gasteiger partial charge is 0.350 e. The van der Waals surface area contributed by atoms with E-state index in [4.69, 9.17) is 0 Å². The SMILES string of the molecule is C[N+](C)(C)CCCNC(=O)C(F)(F)C(F)(F)C(F)(F)C(F)(F)C(F)(F)C(F)(F)C(F)(F)Cl. The normalized spacial score (nSPS) is 15.7. The highest BCUT2D eigenvalue weighted by molar-refractivity contribution is 6.22. The lowest BCUT2D eigenvalue weighted by atomic mass is 9.91. The topological polar surface area (TPSA) is 29.1 Å². The molecule has 0 aromatic heterocycles. The highest BCUT2D eigenvalue weighted by atomic mass is 35.5. The van der Waals surface area contributed by atoms with Gasteiger partial charge in [0.05, 0.1) is 27.7 Å². The molecule has 0 saturated heterocycles. The van der Waals surface area contributed by atoms with E-state index >= 15 is 0 Å². The molecule has 0 aliphatic rings. The van der Waals surface area contributed by atoms with Gasteiger partial charge in [-0.1, -0.05) is 0 Å². The van der Waals surface area contributed by atoms with Crippen molar-refractivity contribution in [1.29, 1.82) is 0 Å². The van der Waals surface area contributed by atoms with Gasteiger partial charge < -0.3 is 9.80 Å². The number of carbonyl (C=O) groups is 1. The first kappa shape index (κ1) is 30.7. The summed E-state index contributed by atoms with van der Waals surface area (Å²) in [6, 6.07) is 0. The third kappa shape index (κ3) is 4.97. The number of hydrogen-bond acceptors (Lipinski definition) is 1. The summed E-state index contributed by atoms with van der Waals surface area (Å²) in [5, 5.41) is -5.71. The number of alkyl halides is 15. The summed E-state index contributed by atoms with van der Waals surface area (Å²) in [7, 11) is 4.65. The summed E-state index contributed by atoms with van der Waals surface area (Å²) in [6.07, 6.45) is -0.238. The molecule has 1 amide bonds.